The summed E-state index contributed by atoms with van der Waals surface area (Å²) in [5.74, 6) is 0.681. The number of hydrogen-bond acceptors (Lipinski definition) is 5. The number of benzene rings is 2. The molecular formula is C21H23N3O2S. The number of anilines is 1. The van der Waals surface area contributed by atoms with Gasteiger partial charge in [-0.1, -0.05) is 67.6 Å². The molecule has 0 saturated carbocycles. The van der Waals surface area contributed by atoms with E-state index in [1.54, 1.807) is 0 Å². The lowest BCUT2D eigenvalue weighted by Crippen LogP contribution is -2.13. The Kier molecular flexibility index (Phi) is 7.04. The fraction of sp³-hybridized carbons (Fsp3) is 0.286. The molecule has 0 spiro atoms. The Balaban J connectivity index is 1.45. The first-order valence-corrected chi connectivity index (χ1v) is 10.1. The lowest BCUT2D eigenvalue weighted by atomic mass is 10.1. The second-order valence-electron chi connectivity index (χ2n) is 6.26. The number of amides is 1. The minimum atomic E-state index is -0.0934. The summed E-state index contributed by atoms with van der Waals surface area (Å²) in [6.07, 6.45) is 4.02. The van der Waals surface area contributed by atoms with E-state index < -0.39 is 0 Å². The highest BCUT2D eigenvalue weighted by molar-refractivity contribution is 7.99. The van der Waals surface area contributed by atoms with Gasteiger partial charge < -0.3 is 9.73 Å². The van der Waals surface area contributed by atoms with Gasteiger partial charge in [0, 0.05) is 5.69 Å². The van der Waals surface area contributed by atoms with E-state index in [2.05, 4.69) is 34.6 Å². The number of aryl methyl sites for hydroxylation is 1. The van der Waals surface area contributed by atoms with Gasteiger partial charge in [-0.2, -0.15) is 0 Å². The van der Waals surface area contributed by atoms with Crippen LogP contribution in [0.5, 0.6) is 0 Å². The number of aromatic nitrogens is 2. The highest BCUT2D eigenvalue weighted by atomic mass is 32.2. The molecule has 0 aliphatic carbocycles. The van der Waals surface area contributed by atoms with Crippen LogP contribution in [0.15, 0.2) is 64.2 Å². The highest BCUT2D eigenvalue weighted by Crippen LogP contribution is 2.18. The molecule has 0 bridgehead atoms. The monoisotopic (exact) mass is 381 g/mol. The molecule has 1 heterocycles. The van der Waals surface area contributed by atoms with E-state index in [-0.39, 0.29) is 11.7 Å². The van der Waals surface area contributed by atoms with Crippen molar-refractivity contribution in [3.8, 4) is 0 Å². The predicted octanol–water partition coefficient (Wildman–Crippen LogP) is 4.73. The van der Waals surface area contributed by atoms with E-state index in [9.17, 15) is 4.79 Å². The van der Waals surface area contributed by atoms with Gasteiger partial charge >= 0.3 is 0 Å². The molecule has 1 N–H and O–H groups in total. The van der Waals surface area contributed by atoms with Crippen LogP contribution >= 0.6 is 11.8 Å². The minimum Gasteiger partial charge on any atom is -0.416 e. The summed E-state index contributed by atoms with van der Waals surface area (Å²) in [6.45, 7) is 2.18. The normalized spacial score (nSPS) is 10.7. The van der Waals surface area contributed by atoms with Crippen molar-refractivity contribution in [1.82, 2.24) is 10.2 Å². The quantitative estimate of drug-likeness (QED) is 0.543. The van der Waals surface area contributed by atoms with E-state index in [0.717, 1.165) is 17.7 Å². The molecule has 0 aliphatic heterocycles. The molecular weight excluding hydrogens is 358 g/mol. The van der Waals surface area contributed by atoms with E-state index >= 15 is 0 Å². The molecule has 0 saturated heterocycles. The maximum absolute atomic E-state index is 12.1. The Labute approximate surface area is 163 Å². The zero-order valence-corrected chi connectivity index (χ0v) is 16.2. The highest BCUT2D eigenvalue weighted by Gasteiger charge is 2.10. The average Bonchev–Trinajstić information content (AvgIpc) is 3.14. The molecule has 6 heteroatoms. The summed E-state index contributed by atoms with van der Waals surface area (Å²) in [5.41, 5.74) is 3.20. The zero-order chi connectivity index (χ0) is 18.9. The Morgan fingerprint density at radius 1 is 1.04 bits per heavy atom. The number of nitrogens with one attached hydrogen (secondary N) is 1. The summed E-state index contributed by atoms with van der Waals surface area (Å²) >= 11 is 1.24. The van der Waals surface area contributed by atoms with Gasteiger partial charge in [-0.3, -0.25) is 4.79 Å². The van der Waals surface area contributed by atoms with E-state index in [1.807, 2.05) is 42.5 Å². The van der Waals surface area contributed by atoms with Crippen LogP contribution in [0.2, 0.25) is 0 Å². The van der Waals surface area contributed by atoms with Crippen LogP contribution in [0.3, 0.4) is 0 Å². The molecule has 140 valence electrons. The second kappa shape index (κ2) is 9.92. The van der Waals surface area contributed by atoms with Crippen LogP contribution in [0.4, 0.5) is 5.69 Å². The first kappa shape index (κ1) is 19.2. The summed E-state index contributed by atoms with van der Waals surface area (Å²) in [4.78, 5) is 12.1. The third-order valence-corrected chi connectivity index (χ3v) is 4.85. The third-order valence-electron chi connectivity index (χ3n) is 4.03. The largest absolute Gasteiger partial charge is 0.416 e. The second-order valence-corrected chi connectivity index (χ2v) is 7.19. The van der Waals surface area contributed by atoms with Crippen molar-refractivity contribution < 1.29 is 9.21 Å². The molecule has 1 amide bonds. The minimum absolute atomic E-state index is 0.0934. The van der Waals surface area contributed by atoms with Crippen LogP contribution in [0, 0.1) is 0 Å². The molecule has 0 fully saturated rings. The summed E-state index contributed by atoms with van der Waals surface area (Å²) < 4.78 is 5.60. The summed E-state index contributed by atoms with van der Waals surface area (Å²) in [5, 5.41) is 11.3. The molecule has 2 aromatic carbocycles. The standard InChI is InChI=1S/C21H23N3O2S/c1-2-3-7-16-10-12-18(13-11-16)22-19(25)15-27-21-24-23-20(26-21)14-17-8-5-4-6-9-17/h4-6,8-13H,2-3,7,14-15H2,1H3,(H,22,25). The molecule has 3 rings (SSSR count). The predicted molar refractivity (Wildman–Crippen MR) is 108 cm³/mol. The van der Waals surface area contributed by atoms with Gasteiger partial charge in [-0.05, 0) is 36.1 Å². The maximum Gasteiger partial charge on any atom is 0.277 e. The fourth-order valence-electron chi connectivity index (χ4n) is 2.60. The summed E-state index contributed by atoms with van der Waals surface area (Å²) in [7, 11) is 0. The van der Waals surface area contributed by atoms with Crippen molar-refractivity contribution in [1.29, 1.82) is 0 Å². The lowest BCUT2D eigenvalue weighted by Gasteiger charge is -2.05. The molecule has 0 aliphatic rings. The van der Waals surface area contributed by atoms with Gasteiger partial charge in [0.1, 0.15) is 0 Å². The van der Waals surface area contributed by atoms with E-state index in [4.69, 9.17) is 4.42 Å². The van der Waals surface area contributed by atoms with Crippen molar-refractivity contribution in [2.24, 2.45) is 0 Å². The van der Waals surface area contributed by atoms with Gasteiger partial charge in [0.2, 0.25) is 11.8 Å². The fourth-order valence-corrected chi connectivity index (χ4v) is 3.18. The molecule has 3 aromatic rings. The van der Waals surface area contributed by atoms with Crippen molar-refractivity contribution in [2.45, 2.75) is 37.8 Å². The van der Waals surface area contributed by atoms with Gasteiger partial charge in [-0.15, -0.1) is 10.2 Å². The van der Waals surface area contributed by atoms with Gasteiger partial charge in [0.15, 0.2) is 0 Å². The number of nitrogens with zero attached hydrogens (tertiary/aromatic N) is 2. The first-order chi connectivity index (χ1) is 13.2. The number of rotatable bonds is 9. The Morgan fingerprint density at radius 2 is 1.81 bits per heavy atom. The van der Waals surface area contributed by atoms with E-state index in [1.165, 1.54) is 30.2 Å². The van der Waals surface area contributed by atoms with Gasteiger partial charge in [0.05, 0.1) is 12.2 Å². The van der Waals surface area contributed by atoms with Crippen LogP contribution in [-0.4, -0.2) is 21.9 Å². The average molecular weight is 382 g/mol. The van der Waals surface area contributed by atoms with Gasteiger partial charge in [0.25, 0.3) is 5.22 Å². The smallest absolute Gasteiger partial charge is 0.277 e. The van der Waals surface area contributed by atoms with Crippen LogP contribution in [0.1, 0.15) is 36.8 Å². The molecule has 0 radical (unpaired) electrons. The number of unbranched alkanes of at least 4 members (excludes halogenated alkanes) is 1. The zero-order valence-electron chi connectivity index (χ0n) is 15.4. The Bertz CT molecular complexity index is 847. The first-order valence-electron chi connectivity index (χ1n) is 9.11. The topological polar surface area (TPSA) is 68.0 Å². The van der Waals surface area contributed by atoms with E-state index in [0.29, 0.717) is 17.5 Å². The molecule has 0 atom stereocenters. The molecule has 5 nitrogen and oxygen atoms in total. The third kappa shape index (κ3) is 6.25. The van der Waals surface area contributed by atoms with Crippen molar-refractivity contribution in [3.05, 3.63) is 71.6 Å². The lowest BCUT2D eigenvalue weighted by molar-refractivity contribution is -0.113. The number of hydrogen-bond donors (Lipinski definition) is 1. The number of carbonyl (C=O) groups excluding carboxylic acids is 1. The van der Waals surface area contributed by atoms with Crippen molar-refractivity contribution in [2.75, 3.05) is 11.1 Å². The maximum atomic E-state index is 12.1. The van der Waals surface area contributed by atoms with Crippen LogP contribution in [0.25, 0.3) is 0 Å². The Hall–Kier alpha value is -2.60. The molecule has 27 heavy (non-hydrogen) atoms. The van der Waals surface area contributed by atoms with Crippen LogP contribution < -0.4 is 5.32 Å². The van der Waals surface area contributed by atoms with Crippen LogP contribution in [-0.2, 0) is 17.6 Å². The Morgan fingerprint density at radius 3 is 2.56 bits per heavy atom. The molecule has 1 aromatic heterocycles. The van der Waals surface area contributed by atoms with Crippen molar-refractivity contribution in [3.63, 3.8) is 0 Å². The summed E-state index contributed by atoms with van der Waals surface area (Å²) in [6, 6.07) is 17.9. The molecule has 0 unspecified atom stereocenters. The van der Waals surface area contributed by atoms with Gasteiger partial charge in [-0.25, -0.2) is 0 Å². The number of carbonyl (C=O) groups is 1. The number of thioether (sulfide) groups is 1. The van der Waals surface area contributed by atoms with Crippen molar-refractivity contribution >= 4 is 23.4 Å². The SMILES string of the molecule is CCCCc1ccc(NC(=O)CSc2nnc(Cc3ccccc3)o2)cc1.